The van der Waals surface area contributed by atoms with Gasteiger partial charge in [-0.25, -0.2) is 4.39 Å². The maximum Gasteiger partial charge on any atom is 0.574 e. The Hall–Kier alpha value is -2.06. The third-order valence-electron chi connectivity index (χ3n) is 1.84. The lowest BCUT2D eigenvalue weighted by Crippen LogP contribution is -2.24. The Labute approximate surface area is 97.0 Å². The van der Waals surface area contributed by atoms with Crippen molar-refractivity contribution in [2.24, 2.45) is 0 Å². The lowest BCUT2D eigenvalue weighted by atomic mass is 10.2. The van der Waals surface area contributed by atoms with Crippen molar-refractivity contribution in [3.63, 3.8) is 0 Å². The third-order valence-corrected chi connectivity index (χ3v) is 1.84. The highest BCUT2D eigenvalue weighted by Gasteiger charge is 2.33. The van der Waals surface area contributed by atoms with Crippen LogP contribution < -0.4 is 10.2 Å². The molecule has 0 unspecified atom stereocenters. The van der Waals surface area contributed by atoms with Crippen LogP contribution in [-0.2, 0) is 17.9 Å². The van der Waals surface area contributed by atoms with E-state index in [1.807, 2.05) is 4.98 Å². The Bertz CT molecular complexity index is 508. The summed E-state index contributed by atoms with van der Waals surface area (Å²) in [6, 6.07) is 0.682. The topological polar surface area (TPSA) is 79.4 Å². The number of pyridine rings is 1. The first kappa shape index (κ1) is 14.0. The van der Waals surface area contributed by atoms with Crippen LogP contribution in [0.4, 0.5) is 17.6 Å². The molecule has 1 rings (SSSR count). The molecule has 5 nitrogen and oxygen atoms in total. The van der Waals surface area contributed by atoms with Gasteiger partial charge in [0.05, 0.1) is 17.7 Å². The lowest BCUT2D eigenvalue weighted by Gasteiger charge is -2.12. The number of aromatic amines is 1. The first-order chi connectivity index (χ1) is 8.23. The molecule has 2 N–H and O–H groups in total. The van der Waals surface area contributed by atoms with Gasteiger partial charge in [-0.15, -0.1) is 13.2 Å². The van der Waals surface area contributed by atoms with Crippen LogP contribution in [0.1, 0.15) is 11.3 Å². The van der Waals surface area contributed by atoms with Gasteiger partial charge in [0.15, 0.2) is 5.43 Å². The minimum Gasteiger partial charge on any atom is -0.481 e. The molecule has 1 aromatic heterocycles. The van der Waals surface area contributed by atoms with Crippen LogP contribution in [-0.4, -0.2) is 22.4 Å². The minimum absolute atomic E-state index is 0.437. The van der Waals surface area contributed by atoms with E-state index in [4.69, 9.17) is 5.11 Å². The summed E-state index contributed by atoms with van der Waals surface area (Å²) in [7, 11) is 0. The molecule has 0 aromatic carbocycles. The van der Waals surface area contributed by atoms with Crippen molar-refractivity contribution in [2.75, 3.05) is 0 Å². The monoisotopic (exact) mass is 269 g/mol. The second-order valence-electron chi connectivity index (χ2n) is 3.22. The Morgan fingerprint density at radius 3 is 2.50 bits per heavy atom. The number of aromatic nitrogens is 1. The molecule has 0 aliphatic heterocycles. The van der Waals surface area contributed by atoms with Crippen molar-refractivity contribution in [1.29, 1.82) is 0 Å². The molecule has 0 saturated heterocycles. The summed E-state index contributed by atoms with van der Waals surface area (Å²) in [5.41, 5.74) is -2.20. The molecule has 0 bridgehead atoms. The molecule has 18 heavy (non-hydrogen) atoms. The quantitative estimate of drug-likeness (QED) is 0.809. The number of H-pyrrole nitrogens is 1. The fourth-order valence-corrected chi connectivity index (χ4v) is 1.21. The Balaban J connectivity index is 3.29. The van der Waals surface area contributed by atoms with Gasteiger partial charge in [0.1, 0.15) is 6.67 Å². The van der Waals surface area contributed by atoms with Crippen molar-refractivity contribution >= 4 is 5.97 Å². The summed E-state index contributed by atoms with van der Waals surface area (Å²) in [4.78, 5) is 23.7. The van der Waals surface area contributed by atoms with E-state index in [2.05, 4.69) is 4.74 Å². The third kappa shape index (κ3) is 3.75. The smallest absolute Gasteiger partial charge is 0.481 e. The highest BCUT2D eigenvalue weighted by molar-refractivity contribution is 5.71. The van der Waals surface area contributed by atoms with Crippen molar-refractivity contribution < 1.29 is 32.2 Å². The van der Waals surface area contributed by atoms with Crippen molar-refractivity contribution in [3.8, 4) is 5.88 Å². The fourth-order valence-electron chi connectivity index (χ4n) is 1.21. The van der Waals surface area contributed by atoms with Gasteiger partial charge in [0, 0.05) is 6.07 Å². The van der Waals surface area contributed by atoms with Gasteiger partial charge in [0.2, 0.25) is 5.88 Å². The molecule has 0 aliphatic rings. The number of hydrogen-bond donors (Lipinski definition) is 2. The van der Waals surface area contributed by atoms with Gasteiger partial charge < -0.3 is 14.8 Å². The number of halogens is 4. The number of hydrogen-bond acceptors (Lipinski definition) is 3. The van der Waals surface area contributed by atoms with Crippen LogP contribution in [0.15, 0.2) is 10.9 Å². The molecule has 100 valence electrons. The number of carboxylic acid groups (broad SMARTS) is 1. The Kier molecular flexibility index (Phi) is 3.94. The first-order valence-corrected chi connectivity index (χ1v) is 4.51. The zero-order chi connectivity index (χ0) is 13.9. The van der Waals surface area contributed by atoms with Gasteiger partial charge >= 0.3 is 12.3 Å². The molecule has 1 aromatic rings. The van der Waals surface area contributed by atoms with E-state index >= 15 is 0 Å². The minimum atomic E-state index is -5.12. The average molecular weight is 269 g/mol. The Morgan fingerprint density at radius 1 is 1.44 bits per heavy atom. The second-order valence-corrected chi connectivity index (χ2v) is 3.22. The van der Waals surface area contributed by atoms with E-state index in [0.717, 1.165) is 0 Å². The van der Waals surface area contributed by atoms with Crippen LogP contribution in [0, 0.1) is 0 Å². The standard InChI is InChI=1S/C9H7F4NO4/c10-3-4-1-6(15)5(2-7(16)17)8(14-4)18-9(11,12)13/h1H,2-3H2,(H,14,15)(H,16,17). The summed E-state index contributed by atoms with van der Waals surface area (Å²) in [6.45, 7) is -1.21. The second kappa shape index (κ2) is 5.07. The van der Waals surface area contributed by atoms with E-state index in [0.29, 0.717) is 6.07 Å². The maximum absolute atomic E-state index is 12.3. The number of nitrogens with one attached hydrogen (secondary N) is 1. The van der Waals surface area contributed by atoms with Gasteiger partial charge in [-0.3, -0.25) is 9.59 Å². The highest BCUT2D eigenvalue weighted by atomic mass is 19.4. The first-order valence-electron chi connectivity index (χ1n) is 4.51. The van der Waals surface area contributed by atoms with Crippen molar-refractivity contribution in [2.45, 2.75) is 19.5 Å². The molecule has 0 atom stereocenters. The van der Waals surface area contributed by atoms with Crippen molar-refractivity contribution in [3.05, 3.63) is 27.5 Å². The van der Waals surface area contributed by atoms with E-state index in [9.17, 15) is 27.2 Å². The van der Waals surface area contributed by atoms with Gasteiger partial charge in [0.25, 0.3) is 0 Å². The molecule has 0 aliphatic carbocycles. The van der Waals surface area contributed by atoms with E-state index < -0.39 is 48.0 Å². The van der Waals surface area contributed by atoms with Crippen LogP contribution in [0.5, 0.6) is 5.88 Å². The number of aliphatic carboxylic acids is 1. The summed E-state index contributed by atoms with van der Waals surface area (Å²) >= 11 is 0. The van der Waals surface area contributed by atoms with Gasteiger partial charge in [-0.2, -0.15) is 0 Å². The molecule has 0 radical (unpaired) electrons. The molecule has 1 heterocycles. The molecule has 0 amide bonds. The maximum atomic E-state index is 12.3. The largest absolute Gasteiger partial charge is 0.574 e. The average Bonchev–Trinajstić information content (AvgIpc) is 2.20. The lowest BCUT2D eigenvalue weighted by molar-refractivity contribution is -0.276. The summed E-state index contributed by atoms with van der Waals surface area (Å²) in [5, 5.41) is 8.48. The zero-order valence-corrected chi connectivity index (χ0v) is 8.68. The van der Waals surface area contributed by atoms with Crippen LogP contribution in [0.2, 0.25) is 0 Å². The number of carbonyl (C=O) groups is 1. The predicted molar refractivity (Wildman–Crippen MR) is 49.9 cm³/mol. The highest BCUT2D eigenvalue weighted by Crippen LogP contribution is 2.23. The van der Waals surface area contributed by atoms with Crippen molar-refractivity contribution in [1.82, 2.24) is 4.98 Å². The van der Waals surface area contributed by atoms with Gasteiger partial charge in [-0.05, 0) is 0 Å². The summed E-state index contributed by atoms with van der Waals surface area (Å²) in [5.74, 6) is -2.62. The predicted octanol–water partition coefficient (Wildman–Crippen LogP) is 1.37. The van der Waals surface area contributed by atoms with Crippen LogP contribution >= 0.6 is 0 Å². The van der Waals surface area contributed by atoms with Crippen LogP contribution in [0.25, 0.3) is 0 Å². The molecular weight excluding hydrogens is 262 g/mol. The number of alkyl halides is 4. The number of carboxylic acids is 1. The normalized spacial score (nSPS) is 11.3. The van der Waals surface area contributed by atoms with E-state index in [1.165, 1.54) is 0 Å². The SMILES string of the molecule is O=C(O)Cc1c(OC(F)(F)F)[nH]c(CF)cc1=O. The fraction of sp³-hybridized carbons (Fsp3) is 0.333. The molecular formula is C9H7F4NO4. The molecule has 0 fully saturated rings. The van der Waals surface area contributed by atoms with Crippen LogP contribution in [0.3, 0.4) is 0 Å². The number of ether oxygens (including phenoxy) is 1. The molecule has 0 saturated carbocycles. The zero-order valence-electron chi connectivity index (χ0n) is 8.68. The Morgan fingerprint density at radius 2 is 2.06 bits per heavy atom. The van der Waals surface area contributed by atoms with Gasteiger partial charge in [-0.1, -0.05) is 0 Å². The summed E-state index contributed by atoms with van der Waals surface area (Å²) in [6.07, 6.45) is -6.08. The molecule has 0 spiro atoms. The molecule has 9 heteroatoms. The van der Waals surface area contributed by atoms with E-state index in [1.54, 1.807) is 0 Å². The number of rotatable bonds is 4. The summed E-state index contributed by atoms with van der Waals surface area (Å²) < 4.78 is 51.9. The van der Waals surface area contributed by atoms with E-state index in [-0.39, 0.29) is 0 Å².